The molecule has 1 aliphatic heterocycles. The predicted octanol–water partition coefficient (Wildman–Crippen LogP) is 1.42. The molecule has 7 heteroatoms. The van der Waals surface area contributed by atoms with Crippen LogP contribution in [0.2, 0.25) is 0 Å². The van der Waals surface area contributed by atoms with Gasteiger partial charge in [0.1, 0.15) is 12.2 Å². The van der Waals surface area contributed by atoms with Crippen LogP contribution in [0.1, 0.15) is 42.4 Å². The van der Waals surface area contributed by atoms with E-state index in [0.29, 0.717) is 13.0 Å². The van der Waals surface area contributed by atoms with E-state index in [4.69, 9.17) is 0 Å². The molecule has 0 radical (unpaired) electrons. The summed E-state index contributed by atoms with van der Waals surface area (Å²) in [6.45, 7) is 6.22. The van der Waals surface area contributed by atoms with Gasteiger partial charge in [-0.2, -0.15) is 5.10 Å². The van der Waals surface area contributed by atoms with Crippen LogP contribution in [0.25, 0.3) is 0 Å². The number of aromatic nitrogens is 5. The average molecular weight is 316 g/mol. The fourth-order valence-electron chi connectivity index (χ4n) is 3.34. The lowest BCUT2D eigenvalue weighted by Crippen LogP contribution is -2.40. The third-order valence-corrected chi connectivity index (χ3v) is 4.53. The first-order valence-corrected chi connectivity index (χ1v) is 8.17. The van der Waals surface area contributed by atoms with Crippen molar-refractivity contribution in [2.75, 3.05) is 13.1 Å². The summed E-state index contributed by atoms with van der Waals surface area (Å²) in [4.78, 5) is 14.5. The van der Waals surface area contributed by atoms with Gasteiger partial charge >= 0.3 is 0 Å². The van der Waals surface area contributed by atoms with E-state index in [2.05, 4.69) is 15.3 Å². The second kappa shape index (κ2) is 6.52. The highest BCUT2D eigenvalue weighted by atomic mass is 16.2. The molecule has 0 aromatic carbocycles. The van der Waals surface area contributed by atoms with E-state index in [9.17, 15) is 4.79 Å². The van der Waals surface area contributed by atoms with E-state index < -0.39 is 0 Å². The van der Waals surface area contributed by atoms with Gasteiger partial charge < -0.3 is 9.47 Å². The van der Waals surface area contributed by atoms with Crippen molar-refractivity contribution in [2.24, 2.45) is 7.05 Å². The summed E-state index contributed by atoms with van der Waals surface area (Å²) in [7, 11) is 1.96. The number of rotatable bonds is 4. The van der Waals surface area contributed by atoms with Gasteiger partial charge in [0.15, 0.2) is 0 Å². The van der Waals surface area contributed by atoms with Crippen LogP contribution in [0.5, 0.6) is 0 Å². The minimum absolute atomic E-state index is 0.199. The van der Waals surface area contributed by atoms with Crippen molar-refractivity contribution in [3.63, 3.8) is 0 Å². The van der Waals surface area contributed by atoms with E-state index in [1.54, 1.807) is 6.33 Å². The number of carbonyl (C=O) groups is 1. The number of piperidine rings is 1. The summed E-state index contributed by atoms with van der Waals surface area (Å²) in [5.41, 5.74) is 2.10. The highest BCUT2D eigenvalue weighted by Crippen LogP contribution is 2.25. The molecule has 1 fully saturated rings. The van der Waals surface area contributed by atoms with E-state index >= 15 is 0 Å². The van der Waals surface area contributed by atoms with Crippen molar-refractivity contribution in [3.8, 4) is 0 Å². The zero-order chi connectivity index (χ0) is 16.4. The Morgan fingerprint density at radius 2 is 2.22 bits per heavy atom. The number of carbonyl (C=O) groups excluding carboxylic acids is 1. The van der Waals surface area contributed by atoms with Gasteiger partial charge in [-0.15, -0.1) is 10.2 Å². The van der Waals surface area contributed by atoms with E-state index in [1.807, 2.05) is 41.1 Å². The molecule has 1 saturated heterocycles. The summed E-state index contributed by atoms with van der Waals surface area (Å²) >= 11 is 0. The van der Waals surface area contributed by atoms with Crippen LogP contribution < -0.4 is 0 Å². The van der Waals surface area contributed by atoms with Crippen LogP contribution in [-0.4, -0.2) is 48.4 Å². The fraction of sp³-hybridized carbons (Fsp3) is 0.625. The molecule has 1 aliphatic rings. The van der Waals surface area contributed by atoms with Gasteiger partial charge in [0.25, 0.3) is 0 Å². The Labute approximate surface area is 136 Å². The molecule has 7 nitrogen and oxygen atoms in total. The van der Waals surface area contributed by atoms with Gasteiger partial charge in [0.05, 0.1) is 5.69 Å². The molecule has 2 aromatic heterocycles. The third kappa shape index (κ3) is 3.43. The summed E-state index contributed by atoms with van der Waals surface area (Å²) in [6.07, 6.45) is 4.30. The van der Waals surface area contributed by atoms with Crippen molar-refractivity contribution < 1.29 is 4.79 Å². The van der Waals surface area contributed by atoms with Crippen molar-refractivity contribution in [2.45, 2.75) is 45.6 Å². The molecule has 0 aliphatic carbocycles. The highest BCUT2D eigenvalue weighted by Gasteiger charge is 2.27. The molecule has 0 spiro atoms. The Bertz CT molecular complexity index is 689. The molecule has 2 aromatic rings. The molecule has 0 saturated carbocycles. The van der Waals surface area contributed by atoms with Gasteiger partial charge in [0, 0.05) is 44.7 Å². The molecule has 0 bridgehead atoms. The number of hydrogen-bond acceptors (Lipinski definition) is 4. The van der Waals surface area contributed by atoms with E-state index in [-0.39, 0.29) is 11.8 Å². The SMILES string of the molecule is Cc1cc(C)n(CCC(=O)N2CCCC(c3nncn3C)C2)n1. The monoisotopic (exact) mass is 316 g/mol. The highest BCUT2D eigenvalue weighted by molar-refractivity contribution is 5.76. The second-order valence-electron chi connectivity index (χ2n) is 6.38. The minimum atomic E-state index is 0.199. The summed E-state index contributed by atoms with van der Waals surface area (Å²) in [6, 6.07) is 2.04. The lowest BCUT2D eigenvalue weighted by molar-refractivity contribution is -0.132. The van der Waals surface area contributed by atoms with E-state index in [0.717, 1.165) is 43.1 Å². The van der Waals surface area contributed by atoms with Crippen LogP contribution in [0.15, 0.2) is 12.4 Å². The molecule has 23 heavy (non-hydrogen) atoms. The molecule has 1 amide bonds. The molecule has 1 unspecified atom stereocenters. The number of aryl methyl sites for hydroxylation is 4. The third-order valence-electron chi connectivity index (χ3n) is 4.53. The molecule has 3 heterocycles. The van der Waals surface area contributed by atoms with Crippen LogP contribution in [0, 0.1) is 13.8 Å². The largest absolute Gasteiger partial charge is 0.342 e. The van der Waals surface area contributed by atoms with Crippen LogP contribution in [-0.2, 0) is 18.4 Å². The smallest absolute Gasteiger partial charge is 0.224 e. The Kier molecular flexibility index (Phi) is 4.45. The predicted molar refractivity (Wildman–Crippen MR) is 85.9 cm³/mol. The van der Waals surface area contributed by atoms with Crippen LogP contribution in [0.4, 0.5) is 0 Å². The van der Waals surface area contributed by atoms with Crippen molar-refractivity contribution in [3.05, 3.63) is 29.6 Å². The molecule has 1 atom stereocenters. The van der Waals surface area contributed by atoms with Crippen molar-refractivity contribution in [1.82, 2.24) is 29.4 Å². The Morgan fingerprint density at radius 1 is 1.39 bits per heavy atom. The van der Waals surface area contributed by atoms with Gasteiger partial charge in [-0.1, -0.05) is 0 Å². The maximum atomic E-state index is 12.5. The topological polar surface area (TPSA) is 68.8 Å². The number of hydrogen-bond donors (Lipinski definition) is 0. The van der Waals surface area contributed by atoms with Crippen LogP contribution >= 0.6 is 0 Å². The first kappa shape index (κ1) is 15.7. The first-order valence-electron chi connectivity index (χ1n) is 8.17. The first-order chi connectivity index (χ1) is 11.0. The van der Waals surface area contributed by atoms with Gasteiger partial charge in [-0.3, -0.25) is 9.48 Å². The van der Waals surface area contributed by atoms with Gasteiger partial charge in [-0.25, -0.2) is 0 Å². The Morgan fingerprint density at radius 3 is 2.87 bits per heavy atom. The minimum Gasteiger partial charge on any atom is -0.342 e. The quantitative estimate of drug-likeness (QED) is 0.855. The van der Waals surface area contributed by atoms with E-state index in [1.165, 1.54) is 0 Å². The maximum Gasteiger partial charge on any atom is 0.224 e. The maximum absolute atomic E-state index is 12.5. The molecule has 0 N–H and O–H groups in total. The molecule has 124 valence electrons. The summed E-state index contributed by atoms with van der Waals surface area (Å²) in [5.74, 6) is 1.46. The molecular weight excluding hydrogens is 292 g/mol. The zero-order valence-corrected chi connectivity index (χ0v) is 14.1. The number of amides is 1. The molecular formula is C16H24N6O. The summed E-state index contributed by atoms with van der Waals surface area (Å²) < 4.78 is 3.87. The Balaban J connectivity index is 1.59. The van der Waals surface area contributed by atoms with Crippen molar-refractivity contribution in [1.29, 1.82) is 0 Å². The lowest BCUT2D eigenvalue weighted by Gasteiger charge is -2.32. The second-order valence-corrected chi connectivity index (χ2v) is 6.38. The lowest BCUT2D eigenvalue weighted by atomic mass is 9.97. The van der Waals surface area contributed by atoms with Gasteiger partial charge in [0.2, 0.25) is 5.91 Å². The number of nitrogens with zero attached hydrogens (tertiary/aromatic N) is 6. The van der Waals surface area contributed by atoms with Crippen molar-refractivity contribution >= 4 is 5.91 Å². The molecule has 3 rings (SSSR count). The van der Waals surface area contributed by atoms with Crippen LogP contribution in [0.3, 0.4) is 0 Å². The standard InChI is InChI=1S/C16H24N6O/c1-12-9-13(2)22(19-12)8-6-15(23)21-7-4-5-14(10-21)16-18-17-11-20(16)3/h9,11,14H,4-8,10H2,1-3H3. The Hall–Kier alpha value is -2.18. The fourth-order valence-corrected chi connectivity index (χ4v) is 3.34. The average Bonchev–Trinajstić information content (AvgIpc) is 3.10. The number of likely N-dealkylation sites (tertiary alicyclic amines) is 1. The van der Waals surface area contributed by atoms with Gasteiger partial charge in [-0.05, 0) is 32.8 Å². The summed E-state index contributed by atoms with van der Waals surface area (Å²) in [5, 5.41) is 12.6. The normalized spacial score (nSPS) is 18.4. The zero-order valence-electron chi connectivity index (χ0n) is 14.1.